The average Bonchev–Trinajstić information content (AvgIpc) is 2.41. The SMILES string of the molecule is Cc1cccc(C(=O)NC(C)(C)c2ccc(Br)cc2)c1F. The zero-order valence-electron chi connectivity index (χ0n) is 12.2. The number of nitrogens with one attached hydrogen (secondary N) is 1. The molecule has 0 fully saturated rings. The summed E-state index contributed by atoms with van der Waals surface area (Å²) in [6, 6.07) is 12.5. The average molecular weight is 350 g/mol. The highest BCUT2D eigenvalue weighted by molar-refractivity contribution is 9.10. The fourth-order valence-electron chi connectivity index (χ4n) is 2.11. The van der Waals surface area contributed by atoms with Crippen molar-refractivity contribution < 1.29 is 9.18 Å². The van der Waals surface area contributed by atoms with Crippen molar-refractivity contribution in [1.29, 1.82) is 0 Å². The lowest BCUT2D eigenvalue weighted by atomic mass is 9.94. The summed E-state index contributed by atoms with van der Waals surface area (Å²) >= 11 is 3.38. The van der Waals surface area contributed by atoms with Crippen LogP contribution in [-0.4, -0.2) is 5.91 Å². The van der Waals surface area contributed by atoms with Gasteiger partial charge >= 0.3 is 0 Å². The molecular weight excluding hydrogens is 333 g/mol. The van der Waals surface area contributed by atoms with Crippen LogP contribution < -0.4 is 5.32 Å². The Hall–Kier alpha value is -1.68. The van der Waals surface area contributed by atoms with Crippen molar-refractivity contribution in [3.8, 4) is 0 Å². The summed E-state index contributed by atoms with van der Waals surface area (Å²) < 4.78 is 15.0. The zero-order valence-corrected chi connectivity index (χ0v) is 13.8. The van der Waals surface area contributed by atoms with Gasteiger partial charge in [0, 0.05) is 4.47 Å². The number of rotatable bonds is 3. The minimum atomic E-state index is -0.589. The third-order valence-corrected chi connectivity index (χ3v) is 3.96. The molecule has 0 aliphatic heterocycles. The van der Waals surface area contributed by atoms with Crippen molar-refractivity contribution in [2.24, 2.45) is 0 Å². The first-order chi connectivity index (χ1) is 9.81. The molecule has 0 unspecified atom stereocenters. The molecule has 0 heterocycles. The van der Waals surface area contributed by atoms with Gasteiger partial charge in [0.1, 0.15) is 5.82 Å². The molecule has 2 rings (SSSR count). The summed E-state index contributed by atoms with van der Waals surface area (Å²) in [5.41, 5.74) is 0.893. The van der Waals surface area contributed by atoms with Gasteiger partial charge in [0.05, 0.1) is 11.1 Å². The van der Waals surface area contributed by atoms with Crippen molar-refractivity contribution in [2.45, 2.75) is 26.3 Å². The van der Waals surface area contributed by atoms with E-state index >= 15 is 0 Å². The van der Waals surface area contributed by atoms with Crippen LogP contribution in [0.1, 0.15) is 35.3 Å². The topological polar surface area (TPSA) is 29.1 Å². The lowest BCUT2D eigenvalue weighted by Crippen LogP contribution is -2.41. The lowest BCUT2D eigenvalue weighted by molar-refractivity contribution is 0.0907. The number of halogens is 2. The van der Waals surface area contributed by atoms with Gasteiger partial charge in [-0.05, 0) is 50.1 Å². The first-order valence-corrected chi connectivity index (χ1v) is 7.44. The van der Waals surface area contributed by atoms with E-state index in [0.717, 1.165) is 10.0 Å². The number of benzene rings is 2. The van der Waals surface area contributed by atoms with Gasteiger partial charge in [-0.15, -0.1) is 0 Å². The first-order valence-electron chi connectivity index (χ1n) is 6.65. The van der Waals surface area contributed by atoms with Crippen LogP contribution in [-0.2, 0) is 5.54 Å². The van der Waals surface area contributed by atoms with E-state index in [2.05, 4.69) is 21.2 Å². The summed E-state index contributed by atoms with van der Waals surface area (Å²) in [7, 11) is 0. The molecule has 21 heavy (non-hydrogen) atoms. The summed E-state index contributed by atoms with van der Waals surface area (Å²) in [5.74, 6) is -0.884. The minimum Gasteiger partial charge on any atom is -0.343 e. The molecule has 4 heteroatoms. The largest absolute Gasteiger partial charge is 0.343 e. The van der Waals surface area contributed by atoms with Crippen molar-refractivity contribution >= 4 is 21.8 Å². The van der Waals surface area contributed by atoms with E-state index in [9.17, 15) is 9.18 Å². The van der Waals surface area contributed by atoms with E-state index in [1.54, 1.807) is 19.1 Å². The van der Waals surface area contributed by atoms with Gasteiger partial charge in [0.2, 0.25) is 0 Å². The van der Waals surface area contributed by atoms with Crippen molar-refractivity contribution in [2.75, 3.05) is 0 Å². The van der Waals surface area contributed by atoms with Gasteiger partial charge in [-0.1, -0.05) is 40.2 Å². The Morgan fingerprint density at radius 3 is 2.38 bits per heavy atom. The molecule has 110 valence electrons. The second-order valence-electron chi connectivity index (χ2n) is 5.52. The summed E-state index contributed by atoms with van der Waals surface area (Å²) in [4.78, 5) is 12.3. The molecule has 0 radical (unpaired) electrons. The van der Waals surface area contributed by atoms with E-state index in [-0.39, 0.29) is 5.56 Å². The van der Waals surface area contributed by atoms with Crippen LogP contribution in [0.25, 0.3) is 0 Å². The fourth-order valence-corrected chi connectivity index (χ4v) is 2.38. The highest BCUT2D eigenvalue weighted by atomic mass is 79.9. The van der Waals surface area contributed by atoms with Crippen LogP contribution in [0.5, 0.6) is 0 Å². The molecule has 0 atom stereocenters. The van der Waals surface area contributed by atoms with Gasteiger partial charge in [-0.2, -0.15) is 0 Å². The number of hydrogen-bond donors (Lipinski definition) is 1. The molecule has 1 N–H and O–H groups in total. The van der Waals surface area contributed by atoms with Crippen LogP contribution in [0.4, 0.5) is 4.39 Å². The standard InChI is InChI=1S/C17H17BrFNO/c1-11-5-4-6-14(15(11)19)16(21)20-17(2,3)12-7-9-13(18)10-8-12/h4-10H,1-3H3,(H,20,21). The summed E-state index contributed by atoms with van der Waals surface area (Å²) in [6.07, 6.45) is 0. The molecule has 0 spiro atoms. The maximum Gasteiger partial charge on any atom is 0.254 e. The Balaban J connectivity index is 2.25. The Kier molecular flexibility index (Phi) is 4.47. The third-order valence-electron chi connectivity index (χ3n) is 3.43. The van der Waals surface area contributed by atoms with Gasteiger partial charge in [-0.3, -0.25) is 4.79 Å². The second kappa shape index (κ2) is 5.98. The molecular formula is C17H17BrFNO. The molecule has 2 aromatic rings. The Morgan fingerprint density at radius 2 is 1.76 bits per heavy atom. The van der Waals surface area contributed by atoms with Gasteiger partial charge in [0.25, 0.3) is 5.91 Å². The van der Waals surface area contributed by atoms with Crippen molar-refractivity contribution in [3.05, 3.63) is 69.4 Å². The van der Waals surface area contributed by atoms with Gasteiger partial charge in [0.15, 0.2) is 0 Å². The van der Waals surface area contributed by atoms with Crippen LogP contribution in [0.3, 0.4) is 0 Å². The van der Waals surface area contributed by atoms with E-state index in [4.69, 9.17) is 0 Å². The van der Waals surface area contributed by atoms with Crippen LogP contribution >= 0.6 is 15.9 Å². The number of aryl methyl sites for hydroxylation is 1. The molecule has 2 aromatic carbocycles. The highest BCUT2D eigenvalue weighted by Gasteiger charge is 2.25. The second-order valence-corrected chi connectivity index (χ2v) is 6.44. The fraction of sp³-hybridized carbons (Fsp3) is 0.235. The van der Waals surface area contributed by atoms with Gasteiger partial charge in [-0.25, -0.2) is 4.39 Å². The molecule has 0 saturated heterocycles. The highest BCUT2D eigenvalue weighted by Crippen LogP contribution is 2.23. The monoisotopic (exact) mass is 349 g/mol. The molecule has 1 amide bonds. The maximum absolute atomic E-state index is 14.0. The Bertz CT molecular complexity index is 665. The minimum absolute atomic E-state index is 0.0696. The van der Waals surface area contributed by atoms with Gasteiger partial charge < -0.3 is 5.32 Å². The molecule has 0 aromatic heterocycles. The molecule has 0 bridgehead atoms. The van der Waals surface area contributed by atoms with Crippen molar-refractivity contribution in [3.63, 3.8) is 0 Å². The Labute approximate surface area is 132 Å². The molecule has 0 aliphatic carbocycles. The number of amides is 1. The molecule has 0 saturated carbocycles. The van der Waals surface area contributed by atoms with E-state index in [1.165, 1.54) is 6.07 Å². The van der Waals surface area contributed by atoms with E-state index < -0.39 is 17.3 Å². The van der Waals surface area contributed by atoms with Crippen LogP contribution in [0.2, 0.25) is 0 Å². The Morgan fingerprint density at radius 1 is 1.14 bits per heavy atom. The predicted octanol–water partition coefficient (Wildman–Crippen LogP) is 4.56. The number of hydrogen-bond acceptors (Lipinski definition) is 1. The maximum atomic E-state index is 14.0. The normalized spacial score (nSPS) is 11.3. The summed E-state index contributed by atoms with van der Waals surface area (Å²) in [5, 5.41) is 2.88. The number of carbonyl (C=O) groups excluding carboxylic acids is 1. The quantitative estimate of drug-likeness (QED) is 0.864. The first kappa shape index (κ1) is 15.7. The van der Waals surface area contributed by atoms with Crippen LogP contribution in [0, 0.1) is 12.7 Å². The smallest absolute Gasteiger partial charge is 0.254 e. The predicted molar refractivity (Wildman–Crippen MR) is 85.8 cm³/mol. The third kappa shape index (κ3) is 3.50. The zero-order chi connectivity index (χ0) is 15.6. The molecule has 0 aliphatic rings. The van der Waals surface area contributed by atoms with Crippen LogP contribution in [0.15, 0.2) is 46.9 Å². The summed E-state index contributed by atoms with van der Waals surface area (Å²) in [6.45, 7) is 5.43. The van der Waals surface area contributed by atoms with E-state index in [1.807, 2.05) is 38.1 Å². The lowest BCUT2D eigenvalue weighted by Gasteiger charge is -2.27. The molecule has 2 nitrogen and oxygen atoms in total. The number of carbonyl (C=O) groups is 1. The van der Waals surface area contributed by atoms with Crippen molar-refractivity contribution in [1.82, 2.24) is 5.32 Å². The van der Waals surface area contributed by atoms with E-state index in [0.29, 0.717) is 5.56 Å².